The maximum Gasteiger partial charge on any atom is 0.416 e. The molecule has 4 aromatic rings. The molecule has 0 spiro atoms. The van der Waals surface area contributed by atoms with Crippen molar-refractivity contribution in [1.29, 1.82) is 0 Å². The summed E-state index contributed by atoms with van der Waals surface area (Å²) in [6.07, 6.45) is -0.333. The van der Waals surface area contributed by atoms with Crippen LogP contribution in [0, 0.1) is 6.33 Å². The van der Waals surface area contributed by atoms with Crippen LogP contribution < -0.4 is 5.32 Å². The summed E-state index contributed by atoms with van der Waals surface area (Å²) in [4.78, 5) is 15.3. The third-order valence-electron chi connectivity index (χ3n) is 3.83. The highest BCUT2D eigenvalue weighted by Gasteiger charge is 2.30. The highest BCUT2D eigenvalue weighted by atomic mass is 19.4. The molecule has 2 aromatic carbocycles. The Bertz CT molecular complexity index is 1050. The van der Waals surface area contributed by atoms with E-state index >= 15 is 0 Å². The van der Waals surface area contributed by atoms with E-state index in [1.807, 2.05) is 18.2 Å². The molecule has 0 saturated carbocycles. The first-order valence-corrected chi connectivity index (χ1v) is 7.62. The fourth-order valence-electron chi connectivity index (χ4n) is 2.56. The molecule has 0 unspecified atom stereocenters. The molecule has 0 atom stereocenters. The van der Waals surface area contributed by atoms with Crippen LogP contribution in [0.1, 0.15) is 5.56 Å². The molecule has 129 valence electrons. The van der Waals surface area contributed by atoms with Crippen LogP contribution >= 0.6 is 0 Å². The number of nitrogens with one attached hydrogen (secondary N) is 2. The molecular weight excluding hydrogens is 343 g/mol. The number of benzene rings is 2. The SMILES string of the molecule is FC(F)(F)c1ccc(-c2cc(Nc3cccc4[nH][c]nc34)ncn2)cc1. The highest BCUT2D eigenvalue weighted by Crippen LogP contribution is 2.31. The Morgan fingerprint density at radius 2 is 1.81 bits per heavy atom. The predicted molar refractivity (Wildman–Crippen MR) is 90.7 cm³/mol. The van der Waals surface area contributed by atoms with Crippen LogP contribution in [0.5, 0.6) is 0 Å². The number of fused-ring (bicyclic) bond motifs is 1. The first kappa shape index (κ1) is 16.1. The summed E-state index contributed by atoms with van der Waals surface area (Å²) in [5.41, 5.74) is 2.65. The van der Waals surface area contributed by atoms with Gasteiger partial charge in [0.25, 0.3) is 0 Å². The van der Waals surface area contributed by atoms with Gasteiger partial charge < -0.3 is 10.3 Å². The first-order chi connectivity index (χ1) is 12.5. The van der Waals surface area contributed by atoms with Gasteiger partial charge >= 0.3 is 6.18 Å². The molecule has 0 aliphatic rings. The van der Waals surface area contributed by atoms with Gasteiger partial charge in [0, 0.05) is 11.6 Å². The molecule has 1 radical (unpaired) electrons. The van der Waals surface area contributed by atoms with E-state index in [4.69, 9.17) is 0 Å². The number of rotatable bonds is 3. The molecule has 0 aliphatic carbocycles. The van der Waals surface area contributed by atoms with Crippen LogP contribution in [0.2, 0.25) is 0 Å². The van der Waals surface area contributed by atoms with Crippen molar-refractivity contribution in [2.45, 2.75) is 6.18 Å². The zero-order valence-electron chi connectivity index (χ0n) is 13.2. The highest BCUT2D eigenvalue weighted by molar-refractivity contribution is 5.89. The second kappa shape index (κ2) is 6.14. The maximum atomic E-state index is 12.7. The summed E-state index contributed by atoms with van der Waals surface area (Å²) in [6.45, 7) is 0. The number of aromatic nitrogens is 4. The minimum Gasteiger partial charge on any atom is -0.338 e. The van der Waals surface area contributed by atoms with Gasteiger partial charge in [0.1, 0.15) is 17.7 Å². The van der Waals surface area contributed by atoms with E-state index in [-0.39, 0.29) is 0 Å². The maximum absolute atomic E-state index is 12.7. The lowest BCUT2D eigenvalue weighted by Gasteiger charge is -2.09. The summed E-state index contributed by atoms with van der Waals surface area (Å²) in [7, 11) is 0. The van der Waals surface area contributed by atoms with Gasteiger partial charge in [-0.15, -0.1) is 0 Å². The predicted octanol–water partition coefficient (Wildman–Crippen LogP) is 4.58. The van der Waals surface area contributed by atoms with Crippen LogP contribution in [-0.4, -0.2) is 19.9 Å². The Balaban J connectivity index is 1.64. The zero-order valence-corrected chi connectivity index (χ0v) is 13.2. The minimum atomic E-state index is -4.36. The van der Waals surface area contributed by atoms with Crippen molar-refractivity contribution < 1.29 is 13.2 Å². The Morgan fingerprint density at radius 3 is 2.58 bits per heavy atom. The Hall–Kier alpha value is -3.42. The van der Waals surface area contributed by atoms with Crippen molar-refractivity contribution in [2.24, 2.45) is 0 Å². The standard InChI is InChI=1S/C18H11F3N5/c19-18(20,21)12-6-4-11(5-7-12)15-8-16(24-9-23-15)26-14-3-1-2-13-17(14)25-10-22-13/h1-9H,(H,22,25)(H,23,24,26). The van der Waals surface area contributed by atoms with Crippen molar-refractivity contribution in [1.82, 2.24) is 19.9 Å². The third kappa shape index (κ3) is 3.08. The first-order valence-electron chi connectivity index (χ1n) is 7.62. The summed E-state index contributed by atoms with van der Waals surface area (Å²) < 4.78 is 38.0. The van der Waals surface area contributed by atoms with E-state index in [1.165, 1.54) is 18.5 Å². The molecule has 0 aliphatic heterocycles. The van der Waals surface area contributed by atoms with E-state index in [2.05, 4.69) is 31.6 Å². The molecule has 0 bridgehead atoms. The van der Waals surface area contributed by atoms with Gasteiger partial charge in [-0.05, 0) is 24.3 Å². The number of para-hydroxylation sites is 1. The second-order valence-corrected chi connectivity index (χ2v) is 5.54. The Morgan fingerprint density at radius 1 is 1.00 bits per heavy atom. The number of anilines is 2. The molecule has 2 heterocycles. The van der Waals surface area contributed by atoms with E-state index in [1.54, 1.807) is 6.07 Å². The van der Waals surface area contributed by atoms with Crippen molar-refractivity contribution in [2.75, 3.05) is 5.32 Å². The van der Waals surface area contributed by atoms with Gasteiger partial charge in [0.05, 0.1) is 22.5 Å². The van der Waals surface area contributed by atoms with Crippen molar-refractivity contribution in [3.05, 3.63) is 66.7 Å². The third-order valence-corrected chi connectivity index (χ3v) is 3.83. The van der Waals surface area contributed by atoms with Gasteiger partial charge in [-0.25, -0.2) is 15.0 Å². The molecule has 2 N–H and O–H groups in total. The number of hydrogen-bond acceptors (Lipinski definition) is 4. The molecule has 0 saturated heterocycles. The lowest BCUT2D eigenvalue weighted by Crippen LogP contribution is -2.04. The summed E-state index contributed by atoms with van der Waals surface area (Å²) in [6, 6.07) is 12.1. The van der Waals surface area contributed by atoms with Crippen LogP contribution in [0.3, 0.4) is 0 Å². The van der Waals surface area contributed by atoms with Crippen LogP contribution in [0.4, 0.5) is 24.7 Å². The van der Waals surface area contributed by atoms with Gasteiger partial charge in [-0.1, -0.05) is 18.2 Å². The summed E-state index contributed by atoms with van der Waals surface area (Å²) in [5, 5.41) is 3.15. The Kier molecular flexibility index (Phi) is 3.80. The van der Waals surface area contributed by atoms with Crippen LogP contribution in [0.25, 0.3) is 22.3 Å². The quantitative estimate of drug-likeness (QED) is 0.565. The van der Waals surface area contributed by atoms with Gasteiger partial charge in [-0.3, -0.25) is 0 Å². The molecule has 0 amide bonds. The Labute approximate surface area is 146 Å². The largest absolute Gasteiger partial charge is 0.416 e. The topological polar surface area (TPSA) is 66.5 Å². The molecule has 2 aromatic heterocycles. The van der Waals surface area contributed by atoms with Crippen LogP contribution in [0.15, 0.2) is 54.9 Å². The normalized spacial score (nSPS) is 11.7. The van der Waals surface area contributed by atoms with E-state index in [9.17, 15) is 13.2 Å². The average molecular weight is 354 g/mol. The molecule has 0 fully saturated rings. The number of hydrogen-bond donors (Lipinski definition) is 2. The van der Waals surface area contributed by atoms with E-state index in [0.717, 1.165) is 23.3 Å². The molecular formula is C18H11F3N5. The molecule has 5 nitrogen and oxygen atoms in total. The second-order valence-electron chi connectivity index (χ2n) is 5.54. The summed E-state index contributed by atoms with van der Waals surface area (Å²) in [5.74, 6) is 0.505. The fourth-order valence-corrected chi connectivity index (χ4v) is 2.56. The van der Waals surface area contributed by atoms with Crippen LogP contribution in [-0.2, 0) is 6.18 Å². The number of halogens is 3. The monoisotopic (exact) mass is 354 g/mol. The lowest BCUT2D eigenvalue weighted by atomic mass is 10.1. The number of aromatic amines is 1. The van der Waals surface area contributed by atoms with Crippen molar-refractivity contribution in [3.8, 4) is 11.3 Å². The van der Waals surface area contributed by atoms with Gasteiger partial charge in [0.15, 0.2) is 6.33 Å². The smallest absolute Gasteiger partial charge is 0.338 e. The zero-order chi connectivity index (χ0) is 18.1. The van der Waals surface area contributed by atoms with E-state index in [0.29, 0.717) is 22.6 Å². The number of alkyl halides is 3. The number of imidazole rings is 1. The van der Waals surface area contributed by atoms with Crippen molar-refractivity contribution in [3.63, 3.8) is 0 Å². The van der Waals surface area contributed by atoms with Gasteiger partial charge in [-0.2, -0.15) is 13.2 Å². The number of nitrogens with zero attached hydrogens (tertiary/aromatic N) is 3. The van der Waals surface area contributed by atoms with E-state index < -0.39 is 11.7 Å². The molecule has 4 rings (SSSR count). The lowest BCUT2D eigenvalue weighted by molar-refractivity contribution is -0.137. The molecule has 26 heavy (non-hydrogen) atoms. The minimum absolute atomic E-state index is 0.505. The summed E-state index contributed by atoms with van der Waals surface area (Å²) >= 11 is 0. The van der Waals surface area contributed by atoms with Crippen molar-refractivity contribution >= 4 is 22.5 Å². The average Bonchev–Trinajstić information content (AvgIpc) is 3.11. The molecule has 8 heteroatoms. The van der Waals surface area contributed by atoms with Gasteiger partial charge in [0.2, 0.25) is 0 Å². The fraction of sp³-hybridized carbons (Fsp3) is 0.0556. The number of H-pyrrole nitrogens is 1.